The van der Waals surface area contributed by atoms with Crippen molar-refractivity contribution in [3.05, 3.63) is 12.2 Å². The van der Waals surface area contributed by atoms with Crippen LogP contribution in [0.15, 0.2) is 12.2 Å². The van der Waals surface area contributed by atoms with Crippen LogP contribution in [0, 0.1) is 5.92 Å². The summed E-state index contributed by atoms with van der Waals surface area (Å²) in [5.74, 6) is 0.196. The number of carbonyl (C=O) groups excluding carboxylic acids is 1. The van der Waals surface area contributed by atoms with Crippen LogP contribution in [0.5, 0.6) is 0 Å². The van der Waals surface area contributed by atoms with Gasteiger partial charge in [-0.15, -0.1) is 0 Å². The summed E-state index contributed by atoms with van der Waals surface area (Å²) in [5.41, 5.74) is 0. The lowest BCUT2D eigenvalue weighted by Crippen LogP contribution is -2.02. The molecule has 0 rings (SSSR count). The van der Waals surface area contributed by atoms with Gasteiger partial charge in [-0.2, -0.15) is 0 Å². The maximum Gasteiger partial charge on any atom is 0.330 e. The Balaban J connectivity index is 3.31. The van der Waals surface area contributed by atoms with Crippen molar-refractivity contribution >= 4 is 5.97 Å². The Labute approximate surface area is 93.7 Å². The lowest BCUT2D eigenvalue weighted by molar-refractivity contribution is -0.137. The van der Waals surface area contributed by atoms with E-state index in [0.29, 0.717) is 12.5 Å². The first-order valence-electron chi connectivity index (χ1n) is 6.01. The largest absolute Gasteiger partial charge is 0.463 e. The normalized spacial score (nSPS) is 11.2. The van der Waals surface area contributed by atoms with Gasteiger partial charge in [0.25, 0.3) is 0 Å². The average Bonchev–Trinajstić information content (AvgIpc) is 2.20. The summed E-state index contributed by atoms with van der Waals surface area (Å²) in [7, 11) is 0. The molecule has 0 N–H and O–H groups in total. The zero-order valence-electron chi connectivity index (χ0n) is 10.3. The summed E-state index contributed by atoms with van der Waals surface area (Å²) < 4.78 is 5.05. The molecule has 0 saturated carbocycles. The minimum absolute atomic E-state index is 0.209. The molecule has 0 heterocycles. The molecule has 88 valence electrons. The van der Waals surface area contributed by atoms with Gasteiger partial charge in [0, 0.05) is 6.08 Å². The van der Waals surface area contributed by atoms with E-state index in [-0.39, 0.29) is 5.97 Å². The molecule has 0 bridgehead atoms. The Hall–Kier alpha value is -0.790. The standard InChI is InChI=1S/C13H24O2/c1-4-5-6-7-8-11-15-13(14)10-9-12(2)3/h9-10,12H,4-8,11H2,1-3H3. The van der Waals surface area contributed by atoms with Gasteiger partial charge in [0.2, 0.25) is 0 Å². The number of hydrogen-bond donors (Lipinski definition) is 0. The topological polar surface area (TPSA) is 26.3 Å². The first kappa shape index (κ1) is 14.2. The van der Waals surface area contributed by atoms with Gasteiger partial charge in [-0.25, -0.2) is 4.79 Å². The molecule has 15 heavy (non-hydrogen) atoms. The van der Waals surface area contributed by atoms with Crippen LogP contribution in [0.1, 0.15) is 52.9 Å². The molecule has 0 aromatic heterocycles. The summed E-state index contributed by atoms with van der Waals surface area (Å²) in [6.07, 6.45) is 9.31. The maximum atomic E-state index is 11.1. The van der Waals surface area contributed by atoms with Crippen LogP contribution in [-0.4, -0.2) is 12.6 Å². The molecule has 0 spiro atoms. The second kappa shape index (κ2) is 9.75. The minimum atomic E-state index is -0.209. The molecule has 0 unspecified atom stereocenters. The molecule has 0 atom stereocenters. The number of hydrogen-bond acceptors (Lipinski definition) is 2. The molecule has 0 aromatic rings. The number of rotatable bonds is 8. The Morgan fingerprint density at radius 1 is 1.20 bits per heavy atom. The Bertz CT molecular complexity index is 183. The Kier molecular flexibility index (Phi) is 9.24. The fourth-order valence-electron chi connectivity index (χ4n) is 1.20. The SMILES string of the molecule is CCCCCCCOC(=O)C=CC(C)C. The summed E-state index contributed by atoms with van der Waals surface area (Å²) >= 11 is 0. The van der Waals surface area contributed by atoms with E-state index in [2.05, 4.69) is 6.92 Å². The predicted molar refractivity (Wildman–Crippen MR) is 63.7 cm³/mol. The molecule has 0 aromatic carbocycles. The van der Waals surface area contributed by atoms with Crippen molar-refractivity contribution in [2.24, 2.45) is 5.92 Å². The number of unbranched alkanes of at least 4 members (excludes halogenated alkanes) is 4. The number of esters is 1. The van der Waals surface area contributed by atoms with Crippen molar-refractivity contribution in [1.82, 2.24) is 0 Å². The van der Waals surface area contributed by atoms with Gasteiger partial charge in [0.05, 0.1) is 6.61 Å². The second-order valence-electron chi connectivity index (χ2n) is 4.18. The molecule has 0 aliphatic rings. The summed E-state index contributed by atoms with van der Waals surface area (Å²) in [6, 6.07) is 0. The van der Waals surface area contributed by atoms with E-state index >= 15 is 0 Å². The molecule has 0 saturated heterocycles. The molecule has 2 nitrogen and oxygen atoms in total. The fraction of sp³-hybridized carbons (Fsp3) is 0.769. The summed E-state index contributed by atoms with van der Waals surface area (Å²) in [4.78, 5) is 11.1. The molecular weight excluding hydrogens is 188 g/mol. The van der Waals surface area contributed by atoms with Crippen molar-refractivity contribution in [3.8, 4) is 0 Å². The zero-order chi connectivity index (χ0) is 11.5. The third kappa shape index (κ3) is 11.1. The Morgan fingerprint density at radius 3 is 2.47 bits per heavy atom. The van der Waals surface area contributed by atoms with E-state index in [9.17, 15) is 4.79 Å². The molecule has 0 radical (unpaired) electrons. The second-order valence-corrected chi connectivity index (χ2v) is 4.18. The Morgan fingerprint density at radius 2 is 1.87 bits per heavy atom. The highest BCUT2D eigenvalue weighted by molar-refractivity contribution is 5.81. The number of ether oxygens (including phenoxy) is 1. The first-order valence-corrected chi connectivity index (χ1v) is 6.01. The molecule has 0 aliphatic heterocycles. The highest BCUT2D eigenvalue weighted by atomic mass is 16.5. The van der Waals surface area contributed by atoms with Crippen LogP contribution in [0.25, 0.3) is 0 Å². The van der Waals surface area contributed by atoms with Crippen molar-refractivity contribution in [1.29, 1.82) is 0 Å². The van der Waals surface area contributed by atoms with Crippen LogP contribution in [0.2, 0.25) is 0 Å². The van der Waals surface area contributed by atoms with Gasteiger partial charge in [-0.05, 0) is 12.3 Å². The molecule has 0 aliphatic carbocycles. The van der Waals surface area contributed by atoms with E-state index in [1.807, 2.05) is 19.9 Å². The van der Waals surface area contributed by atoms with Crippen LogP contribution in [-0.2, 0) is 9.53 Å². The molecule has 0 amide bonds. The highest BCUT2D eigenvalue weighted by Crippen LogP contribution is 2.02. The lowest BCUT2D eigenvalue weighted by Gasteiger charge is -2.02. The highest BCUT2D eigenvalue weighted by Gasteiger charge is 1.96. The maximum absolute atomic E-state index is 11.1. The zero-order valence-corrected chi connectivity index (χ0v) is 10.3. The average molecular weight is 212 g/mol. The third-order valence-corrected chi connectivity index (χ3v) is 2.11. The van der Waals surface area contributed by atoms with Crippen LogP contribution in [0.4, 0.5) is 0 Å². The van der Waals surface area contributed by atoms with Gasteiger partial charge in [0.1, 0.15) is 0 Å². The van der Waals surface area contributed by atoms with E-state index in [4.69, 9.17) is 4.74 Å². The van der Waals surface area contributed by atoms with Crippen LogP contribution < -0.4 is 0 Å². The van der Waals surface area contributed by atoms with Gasteiger partial charge in [-0.1, -0.05) is 52.5 Å². The van der Waals surface area contributed by atoms with E-state index in [0.717, 1.165) is 12.8 Å². The molecule has 2 heteroatoms. The number of carbonyl (C=O) groups is 1. The molecular formula is C13H24O2. The van der Waals surface area contributed by atoms with Gasteiger partial charge in [0.15, 0.2) is 0 Å². The van der Waals surface area contributed by atoms with Crippen LogP contribution >= 0.6 is 0 Å². The smallest absolute Gasteiger partial charge is 0.330 e. The summed E-state index contributed by atoms with van der Waals surface area (Å²) in [6.45, 7) is 6.82. The third-order valence-electron chi connectivity index (χ3n) is 2.11. The van der Waals surface area contributed by atoms with E-state index in [1.54, 1.807) is 0 Å². The minimum Gasteiger partial charge on any atom is -0.463 e. The van der Waals surface area contributed by atoms with Gasteiger partial charge in [-0.3, -0.25) is 0 Å². The quantitative estimate of drug-likeness (QED) is 0.348. The lowest BCUT2D eigenvalue weighted by atomic mass is 10.2. The van der Waals surface area contributed by atoms with Crippen LogP contribution in [0.3, 0.4) is 0 Å². The summed E-state index contributed by atoms with van der Waals surface area (Å²) in [5, 5.41) is 0. The monoisotopic (exact) mass is 212 g/mol. The van der Waals surface area contributed by atoms with Crippen molar-refractivity contribution < 1.29 is 9.53 Å². The number of allylic oxidation sites excluding steroid dienone is 1. The first-order chi connectivity index (χ1) is 7.16. The van der Waals surface area contributed by atoms with Crippen molar-refractivity contribution in [2.75, 3.05) is 6.61 Å². The van der Waals surface area contributed by atoms with E-state index < -0.39 is 0 Å². The molecule has 0 fully saturated rings. The predicted octanol–water partition coefficient (Wildman–Crippen LogP) is 3.71. The van der Waals surface area contributed by atoms with Crippen molar-refractivity contribution in [3.63, 3.8) is 0 Å². The van der Waals surface area contributed by atoms with Gasteiger partial charge < -0.3 is 4.74 Å². The van der Waals surface area contributed by atoms with Gasteiger partial charge >= 0.3 is 5.97 Å². The van der Waals surface area contributed by atoms with E-state index in [1.165, 1.54) is 25.3 Å². The fourth-order valence-corrected chi connectivity index (χ4v) is 1.20. The van der Waals surface area contributed by atoms with Crippen molar-refractivity contribution in [2.45, 2.75) is 52.9 Å².